The van der Waals surface area contributed by atoms with Crippen LogP contribution < -0.4 is 5.32 Å². The van der Waals surface area contributed by atoms with Crippen molar-refractivity contribution in [2.75, 3.05) is 5.32 Å². The number of nitrogens with one attached hydrogen (secondary N) is 2. The van der Waals surface area contributed by atoms with E-state index < -0.39 is 5.82 Å². The lowest BCUT2D eigenvalue weighted by atomic mass is 10.2. The van der Waals surface area contributed by atoms with Gasteiger partial charge in [-0.3, -0.25) is 5.10 Å². The van der Waals surface area contributed by atoms with Gasteiger partial charge in [0.15, 0.2) is 5.82 Å². The molecule has 2 heterocycles. The predicted molar refractivity (Wildman–Crippen MR) is 69.1 cm³/mol. The number of aromatic nitrogens is 4. The number of rotatable bonds is 2. The first-order valence-corrected chi connectivity index (χ1v) is 5.89. The maximum absolute atomic E-state index is 13.9. The molecular weight excluding hydrogens is 301 g/mol. The topological polar surface area (TPSA) is 66.5 Å². The molecule has 1 aromatic carbocycles. The molecule has 0 saturated carbocycles. The zero-order valence-corrected chi connectivity index (χ0v) is 10.6. The van der Waals surface area contributed by atoms with Gasteiger partial charge >= 0.3 is 0 Å². The highest BCUT2D eigenvalue weighted by Gasteiger charge is 2.10. The third-order valence-electron chi connectivity index (χ3n) is 2.46. The maximum atomic E-state index is 13.9. The normalized spacial score (nSPS) is 10.8. The Hall–Kier alpha value is -2.02. The van der Waals surface area contributed by atoms with Gasteiger partial charge < -0.3 is 5.32 Å². The Bertz CT molecular complexity index is 698. The molecule has 0 spiro atoms. The molecule has 0 aliphatic heterocycles. The molecule has 3 aromatic rings. The number of hydrogen-bond acceptors (Lipinski definition) is 4. The van der Waals surface area contributed by atoms with E-state index in [9.17, 15) is 4.39 Å². The van der Waals surface area contributed by atoms with Crippen molar-refractivity contribution < 1.29 is 4.39 Å². The van der Waals surface area contributed by atoms with Crippen molar-refractivity contribution in [1.82, 2.24) is 20.2 Å². The van der Waals surface area contributed by atoms with Crippen LogP contribution in [0.25, 0.3) is 10.9 Å². The number of aromatic amines is 1. The lowest BCUT2D eigenvalue weighted by Crippen LogP contribution is -1.96. The minimum Gasteiger partial charge on any atom is -0.337 e. The second kappa shape index (κ2) is 4.34. The number of anilines is 2. The van der Waals surface area contributed by atoms with E-state index >= 15 is 0 Å². The molecule has 7 heteroatoms. The molecule has 0 fully saturated rings. The van der Waals surface area contributed by atoms with E-state index in [0.29, 0.717) is 15.7 Å². The Balaban J connectivity index is 2.16. The van der Waals surface area contributed by atoms with Crippen molar-refractivity contribution in [3.8, 4) is 0 Å². The van der Waals surface area contributed by atoms with E-state index in [2.05, 4.69) is 41.4 Å². The minimum absolute atomic E-state index is 0.269. The fraction of sp³-hybridized carbons (Fsp3) is 0. The van der Waals surface area contributed by atoms with Gasteiger partial charge in [-0.15, -0.1) is 0 Å². The third-order valence-corrected chi connectivity index (χ3v) is 3.07. The average Bonchev–Trinajstić information content (AvgIpc) is 2.87. The minimum atomic E-state index is -0.398. The van der Waals surface area contributed by atoms with Crippen molar-refractivity contribution in [3.05, 3.63) is 41.1 Å². The van der Waals surface area contributed by atoms with Crippen LogP contribution in [0, 0.1) is 5.82 Å². The number of benzene rings is 1. The molecule has 0 unspecified atom stereocenters. The van der Waals surface area contributed by atoms with Crippen molar-refractivity contribution in [2.45, 2.75) is 0 Å². The number of fused-ring (bicyclic) bond motifs is 1. The highest BCUT2D eigenvalue weighted by atomic mass is 79.9. The number of halogens is 2. The molecule has 0 atom stereocenters. The summed E-state index contributed by atoms with van der Waals surface area (Å²) in [5.41, 5.74) is 1.02. The fourth-order valence-electron chi connectivity index (χ4n) is 1.63. The molecule has 0 bridgehead atoms. The van der Waals surface area contributed by atoms with Gasteiger partial charge in [0, 0.05) is 11.6 Å². The van der Waals surface area contributed by atoms with Crippen LogP contribution in [0.3, 0.4) is 0 Å². The molecule has 0 aliphatic rings. The average molecular weight is 308 g/mol. The number of hydrogen-bond donors (Lipinski definition) is 2. The summed E-state index contributed by atoms with van der Waals surface area (Å²) in [5, 5.41) is 10.2. The lowest BCUT2D eigenvalue weighted by molar-refractivity contribution is 0.630. The molecule has 2 aromatic heterocycles. The quantitative estimate of drug-likeness (QED) is 0.764. The molecule has 5 nitrogen and oxygen atoms in total. The van der Waals surface area contributed by atoms with Crippen LogP contribution in [0.4, 0.5) is 15.9 Å². The third kappa shape index (κ3) is 1.82. The zero-order valence-electron chi connectivity index (χ0n) is 8.98. The highest BCUT2D eigenvalue weighted by Crippen LogP contribution is 2.28. The second-order valence-electron chi connectivity index (χ2n) is 3.59. The highest BCUT2D eigenvalue weighted by molar-refractivity contribution is 9.10. The fourth-order valence-corrected chi connectivity index (χ4v) is 1.95. The maximum Gasteiger partial charge on any atom is 0.163 e. The van der Waals surface area contributed by atoms with Gasteiger partial charge in [-0.2, -0.15) is 5.10 Å². The SMILES string of the molecule is Fc1c(Br)ccc2c(Nc3cn[nH]c3)ncnc12. The van der Waals surface area contributed by atoms with E-state index in [1.54, 1.807) is 24.5 Å². The van der Waals surface area contributed by atoms with Crippen LogP contribution >= 0.6 is 15.9 Å². The van der Waals surface area contributed by atoms with Gasteiger partial charge in [0.25, 0.3) is 0 Å². The van der Waals surface area contributed by atoms with Crippen LogP contribution in [-0.4, -0.2) is 20.2 Å². The van der Waals surface area contributed by atoms with Gasteiger partial charge in [-0.25, -0.2) is 14.4 Å². The first kappa shape index (κ1) is 11.1. The predicted octanol–water partition coefficient (Wildman–Crippen LogP) is 3.00. The van der Waals surface area contributed by atoms with Crippen LogP contribution in [0.5, 0.6) is 0 Å². The standard InChI is InChI=1S/C11H7BrFN5/c12-8-2-1-7-10(9(8)13)14-5-15-11(7)18-6-3-16-17-4-6/h1-5H,(H,16,17)(H,14,15,18). The summed E-state index contributed by atoms with van der Waals surface area (Å²) < 4.78 is 14.3. The molecule has 3 rings (SSSR count). The molecule has 18 heavy (non-hydrogen) atoms. The van der Waals surface area contributed by atoms with Crippen molar-refractivity contribution in [3.63, 3.8) is 0 Å². The molecule has 0 aliphatic carbocycles. The Labute approximate surface area is 110 Å². The van der Waals surface area contributed by atoms with Crippen LogP contribution in [0.2, 0.25) is 0 Å². The number of H-pyrrole nitrogens is 1. The number of nitrogens with zero attached hydrogens (tertiary/aromatic N) is 3. The Morgan fingerprint density at radius 1 is 1.28 bits per heavy atom. The summed E-state index contributed by atoms with van der Waals surface area (Å²) in [7, 11) is 0. The summed E-state index contributed by atoms with van der Waals surface area (Å²) in [6.45, 7) is 0. The second-order valence-corrected chi connectivity index (χ2v) is 4.45. The van der Waals surface area contributed by atoms with Gasteiger partial charge in [0.05, 0.1) is 16.4 Å². The molecule has 0 saturated heterocycles. The Kier molecular flexibility index (Phi) is 2.67. The van der Waals surface area contributed by atoms with Crippen LogP contribution in [0.1, 0.15) is 0 Å². The monoisotopic (exact) mass is 307 g/mol. The van der Waals surface area contributed by atoms with E-state index in [-0.39, 0.29) is 5.52 Å². The molecule has 2 N–H and O–H groups in total. The Morgan fingerprint density at radius 2 is 2.17 bits per heavy atom. The van der Waals surface area contributed by atoms with E-state index in [1.165, 1.54) is 6.33 Å². The first-order chi connectivity index (χ1) is 8.75. The van der Waals surface area contributed by atoms with Gasteiger partial charge in [-0.05, 0) is 28.1 Å². The summed E-state index contributed by atoms with van der Waals surface area (Å²) in [4.78, 5) is 8.06. The van der Waals surface area contributed by atoms with Crippen molar-refractivity contribution in [2.24, 2.45) is 0 Å². The summed E-state index contributed by atoms with van der Waals surface area (Å²) >= 11 is 3.13. The van der Waals surface area contributed by atoms with Gasteiger partial charge in [0.2, 0.25) is 0 Å². The van der Waals surface area contributed by atoms with Crippen LogP contribution in [-0.2, 0) is 0 Å². The van der Waals surface area contributed by atoms with Crippen LogP contribution in [0.15, 0.2) is 35.3 Å². The molecule has 0 radical (unpaired) electrons. The van der Waals surface area contributed by atoms with E-state index in [1.807, 2.05) is 0 Å². The van der Waals surface area contributed by atoms with Crippen molar-refractivity contribution in [1.29, 1.82) is 0 Å². The Morgan fingerprint density at radius 3 is 2.94 bits per heavy atom. The zero-order chi connectivity index (χ0) is 12.5. The van der Waals surface area contributed by atoms with E-state index in [4.69, 9.17) is 0 Å². The molecular formula is C11H7BrFN5. The summed E-state index contributed by atoms with van der Waals surface area (Å²) in [6, 6.07) is 3.38. The molecule has 90 valence electrons. The smallest absolute Gasteiger partial charge is 0.163 e. The van der Waals surface area contributed by atoms with Gasteiger partial charge in [0.1, 0.15) is 17.7 Å². The van der Waals surface area contributed by atoms with E-state index in [0.717, 1.165) is 5.69 Å². The summed E-state index contributed by atoms with van der Waals surface area (Å²) in [6.07, 6.45) is 4.62. The molecule has 0 amide bonds. The largest absolute Gasteiger partial charge is 0.337 e. The van der Waals surface area contributed by atoms with Gasteiger partial charge in [-0.1, -0.05) is 0 Å². The first-order valence-electron chi connectivity index (χ1n) is 5.10. The summed E-state index contributed by atoms with van der Waals surface area (Å²) in [5.74, 6) is 0.137. The lowest BCUT2D eigenvalue weighted by Gasteiger charge is -2.07. The van der Waals surface area contributed by atoms with Crippen molar-refractivity contribution >= 4 is 38.3 Å².